The van der Waals surface area contributed by atoms with Gasteiger partial charge in [-0.2, -0.15) is 0 Å². The molecule has 0 saturated heterocycles. The first-order valence-corrected chi connectivity index (χ1v) is 10.2. The van der Waals surface area contributed by atoms with E-state index in [1.54, 1.807) is 13.1 Å². The first-order valence-electron chi connectivity index (χ1n) is 9.29. The van der Waals surface area contributed by atoms with Crippen molar-refractivity contribution < 1.29 is 9.18 Å². The summed E-state index contributed by atoms with van der Waals surface area (Å²) in [5, 5.41) is 4.66. The van der Waals surface area contributed by atoms with Crippen LogP contribution in [0.1, 0.15) is 17.4 Å². The highest BCUT2D eigenvalue weighted by molar-refractivity contribution is 7.17. The highest BCUT2D eigenvalue weighted by Crippen LogP contribution is 2.23. The molecule has 2 heterocycles. The summed E-state index contributed by atoms with van der Waals surface area (Å²) in [5.74, 6) is -0.165. The summed E-state index contributed by atoms with van der Waals surface area (Å²) in [6.45, 7) is 0.261. The van der Waals surface area contributed by atoms with E-state index >= 15 is 0 Å². The van der Waals surface area contributed by atoms with Crippen LogP contribution in [0.15, 0.2) is 70.8 Å². The number of benzene rings is 2. The van der Waals surface area contributed by atoms with Gasteiger partial charge >= 0.3 is 0 Å². The van der Waals surface area contributed by atoms with Gasteiger partial charge < -0.3 is 10.3 Å². The molecule has 1 atom stereocenters. The number of aromatic nitrogens is 2. The van der Waals surface area contributed by atoms with E-state index in [2.05, 4.69) is 15.3 Å². The molecule has 0 fully saturated rings. The van der Waals surface area contributed by atoms with E-state index in [0.29, 0.717) is 21.7 Å². The number of carbonyl (C=O) groups excluding carboxylic acids is 1. The van der Waals surface area contributed by atoms with Gasteiger partial charge in [-0.05, 0) is 48.3 Å². The number of nitrogens with zero attached hydrogens (tertiary/aromatic N) is 2. The van der Waals surface area contributed by atoms with Gasteiger partial charge in [-0.1, -0.05) is 30.3 Å². The minimum Gasteiger partial charge on any atom is -0.324 e. The van der Waals surface area contributed by atoms with Crippen molar-refractivity contribution >= 4 is 33.1 Å². The largest absolute Gasteiger partial charge is 0.324 e. The highest BCUT2D eigenvalue weighted by atomic mass is 32.1. The lowest BCUT2D eigenvalue weighted by Crippen LogP contribution is -2.35. The van der Waals surface area contributed by atoms with Crippen LogP contribution in [0.25, 0.3) is 10.2 Å². The molecule has 0 saturated carbocycles. The quantitative estimate of drug-likeness (QED) is 0.493. The molecule has 0 bridgehead atoms. The van der Waals surface area contributed by atoms with Gasteiger partial charge in [-0.25, -0.2) is 9.37 Å². The predicted octanol–water partition coefficient (Wildman–Crippen LogP) is 3.94. The standard InChI is InChI=1S/C22H19FN4O2S/c1-27(13-18-25-17-11-12-30-20(17)22(29)26-18)19(14-5-3-2-4-6-14)21(28)24-16-9-7-15(23)8-10-16/h2-12,19H,13H2,1H3,(H,24,28)(H,25,26,29). The van der Waals surface area contributed by atoms with Crippen molar-refractivity contribution in [1.29, 1.82) is 0 Å². The summed E-state index contributed by atoms with van der Waals surface area (Å²) >= 11 is 1.34. The molecule has 0 aliphatic heterocycles. The van der Waals surface area contributed by atoms with Crippen molar-refractivity contribution in [2.45, 2.75) is 12.6 Å². The van der Waals surface area contributed by atoms with Crippen LogP contribution in [0.5, 0.6) is 0 Å². The van der Waals surface area contributed by atoms with Crippen LogP contribution in [0.2, 0.25) is 0 Å². The number of aromatic amines is 1. The van der Waals surface area contributed by atoms with E-state index in [4.69, 9.17) is 0 Å². The van der Waals surface area contributed by atoms with Crippen LogP contribution in [-0.2, 0) is 11.3 Å². The number of fused-ring (bicyclic) bond motifs is 1. The molecule has 1 amide bonds. The van der Waals surface area contributed by atoms with E-state index < -0.39 is 6.04 Å². The molecule has 0 aliphatic carbocycles. The number of nitrogens with one attached hydrogen (secondary N) is 2. The maximum absolute atomic E-state index is 13.2. The van der Waals surface area contributed by atoms with Crippen LogP contribution in [0, 0.1) is 5.82 Å². The molecule has 30 heavy (non-hydrogen) atoms. The molecule has 0 radical (unpaired) electrons. The van der Waals surface area contributed by atoms with Gasteiger partial charge in [0.15, 0.2) is 0 Å². The van der Waals surface area contributed by atoms with Gasteiger partial charge in [0.2, 0.25) is 5.91 Å². The summed E-state index contributed by atoms with van der Waals surface area (Å²) < 4.78 is 13.8. The van der Waals surface area contributed by atoms with Crippen molar-refractivity contribution in [3.8, 4) is 0 Å². The van der Waals surface area contributed by atoms with E-state index in [1.165, 1.54) is 35.6 Å². The average molecular weight is 422 g/mol. The van der Waals surface area contributed by atoms with E-state index in [0.717, 1.165) is 5.56 Å². The Bertz CT molecular complexity index is 1220. The number of halogens is 1. The molecule has 2 N–H and O–H groups in total. The van der Waals surface area contributed by atoms with Crippen LogP contribution < -0.4 is 10.9 Å². The zero-order chi connectivity index (χ0) is 21.1. The number of anilines is 1. The third-order valence-corrected chi connectivity index (χ3v) is 5.58. The fourth-order valence-corrected chi connectivity index (χ4v) is 4.03. The first-order chi connectivity index (χ1) is 14.5. The predicted molar refractivity (Wildman–Crippen MR) is 116 cm³/mol. The fraction of sp³-hybridized carbons (Fsp3) is 0.136. The van der Waals surface area contributed by atoms with Gasteiger partial charge in [0.25, 0.3) is 5.56 Å². The molecular weight excluding hydrogens is 403 g/mol. The summed E-state index contributed by atoms with van der Waals surface area (Å²) in [4.78, 5) is 34.5. The monoisotopic (exact) mass is 422 g/mol. The van der Waals surface area contributed by atoms with E-state index in [9.17, 15) is 14.0 Å². The Morgan fingerprint density at radius 2 is 1.90 bits per heavy atom. The molecule has 6 nitrogen and oxygen atoms in total. The van der Waals surface area contributed by atoms with Gasteiger partial charge in [-0.3, -0.25) is 14.5 Å². The topological polar surface area (TPSA) is 78.1 Å². The molecular formula is C22H19FN4O2S. The second-order valence-corrected chi connectivity index (χ2v) is 7.79. The molecule has 0 aliphatic rings. The smallest absolute Gasteiger partial charge is 0.268 e. The molecule has 8 heteroatoms. The minimum absolute atomic E-state index is 0.189. The first kappa shape index (κ1) is 19.9. The van der Waals surface area contributed by atoms with Crippen LogP contribution in [-0.4, -0.2) is 27.8 Å². The Labute approximate surface area is 176 Å². The normalized spacial score (nSPS) is 12.2. The van der Waals surface area contributed by atoms with Crippen LogP contribution >= 0.6 is 11.3 Å². The summed E-state index contributed by atoms with van der Waals surface area (Å²) in [6, 6.07) is 16.1. The van der Waals surface area contributed by atoms with Crippen molar-refractivity contribution in [2.24, 2.45) is 0 Å². The summed E-state index contributed by atoms with van der Waals surface area (Å²) in [6.07, 6.45) is 0. The number of likely N-dealkylation sites (N-methyl/N-ethyl adjacent to an activating group) is 1. The van der Waals surface area contributed by atoms with Gasteiger partial charge in [-0.15, -0.1) is 11.3 Å². The molecule has 4 rings (SSSR count). The Morgan fingerprint density at radius 1 is 1.17 bits per heavy atom. The lowest BCUT2D eigenvalue weighted by molar-refractivity contribution is -0.121. The Kier molecular flexibility index (Phi) is 5.69. The number of hydrogen-bond acceptors (Lipinski definition) is 5. The van der Waals surface area contributed by atoms with Crippen LogP contribution in [0.4, 0.5) is 10.1 Å². The number of H-pyrrole nitrogens is 1. The van der Waals surface area contributed by atoms with E-state index in [-0.39, 0.29) is 23.8 Å². The van der Waals surface area contributed by atoms with Crippen molar-refractivity contribution in [2.75, 3.05) is 12.4 Å². The number of carbonyl (C=O) groups is 1. The number of rotatable bonds is 6. The molecule has 2 aromatic heterocycles. The highest BCUT2D eigenvalue weighted by Gasteiger charge is 2.26. The lowest BCUT2D eigenvalue weighted by Gasteiger charge is -2.27. The maximum Gasteiger partial charge on any atom is 0.268 e. The zero-order valence-electron chi connectivity index (χ0n) is 16.1. The summed E-state index contributed by atoms with van der Waals surface area (Å²) in [5.41, 5.74) is 1.74. The van der Waals surface area contributed by atoms with Gasteiger partial charge in [0.1, 0.15) is 22.4 Å². The SMILES string of the molecule is CN(Cc1nc2ccsc2c(=O)[nH]1)C(C(=O)Nc1ccc(F)cc1)c1ccccc1. The van der Waals surface area contributed by atoms with Crippen molar-refractivity contribution in [3.63, 3.8) is 0 Å². The zero-order valence-corrected chi connectivity index (χ0v) is 16.9. The molecule has 0 spiro atoms. The Balaban J connectivity index is 1.62. The maximum atomic E-state index is 13.2. The Hall–Kier alpha value is -3.36. The molecule has 152 valence electrons. The number of hydrogen-bond donors (Lipinski definition) is 2. The van der Waals surface area contributed by atoms with Gasteiger partial charge in [0, 0.05) is 5.69 Å². The number of amides is 1. The van der Waals surface area contributed by atoms with Crippen molar-refractivity contribution in [1.82, 2.24) is 14.9 Å². The Morgan fingerprint density at radius 3 is 2.63 bits per heavy atom. The van der Waals surface area contributed by atoms with Gasteiger partial charge in [0.05, 0.1) is 12.1 Å². The fourth-order valence-electron chi connectivity index (χ4n) is 3.31. The third kappa shape index (κ3) is 4.29. The molecule has 1 unspecified atom stereocenters. The average Bonchev–Trinajstić information content (AvgIpc) is 3.20. The summed E-state index contributed by atoms with van der Waals surface area (Å²) in [7, 11) is 1.79. The number of thiophene rings is 1. The minimum atomic E-state index is -0.639. The molecule has 4 aromatic rings. The third-order valence-electron chi connectivity index (χ3n) is 4.68. The van der Waals surface area contributed by atoms with E-state index in [1.807, 2.05) is 40.6 Å². The lowest BCUT2D eigenvalue weighted by atomic mass is 10.0. The van der Waals surface area contributed by atoms with Crippen molar-refractivity contribution in [3.05, 3.63) is 93.6 Å². The van der Waals surface area contributed by atoms with Crippen LogP contribution in [0.3, 0.4) is 0 Å². The molecule has 2 aromatic carbocycles. The second-order valence-electron chi connectivity index (χ2n) is 6.87. The second kappa shape index (κ2) is 8.56.